The number of benzene rings is 4. The average Bonchev–Trinajstić information content (AvgIpc) is 1.09. The van der Waals surface area contributed by atoms with E-state index in [0.717, 1.165) is 79.4 Å². The molecule has 0 bridgehead atoms. The second-order valence-electron chi connectivity index (χ2n) is 38.9. The number of carbonyl (C=O) groups is 14. The zero-order chi connectivity index (χ0) is 101. The number of rotatable bonds is 55. The molecule has 0 spiro atoms. The van der Waals surface area contributed by atoms with Gasteiger partial charge in [-0.25, -0.2) is 14.6 Å². The molecule has 752 valence electrons. The number of carbonyl (C=O) groups excluding carboxylic acids is 13. The molecule has 137 heavy (non-hydrogen) atoms. The highest BCUT2D eigenvalue weighted by molar-refractivity contribution is 7.09. The molecule has 0 radical (unpaired) electrons. The van der Waals surface area contributed by atoms with Crippen LogP contribution in [-0.2, 0) is 91.3 Å². The molecule has 0 saturated carbocycles. The fourth-order valence-electron chi connectivity index (χ4n) is 16.5. The van der Waals surface area contributed by atoms with Gasteiger partial charge >= 0.3 is 24.1 Å². The largest absolute Gasteiger partial charge is 0.481 e. The lowest BCUT2D eigenvalue weighted by Gasteiger charge is -2.40. The highest BCUT2D eigenvalue weighted by Gasteiger charge is 2.41. The lowest BCUT2D eigenvalue weighted by molar-refractivity contribution is -0.147. The van der Waals surface area contributed by atoms with Crippen molar-refractivity contribution in [1.82, 2.24) is 57.3 Å². The zero-order valence-electron chi connectivity index (χ0n) is 83.1. The lowest BCUT2D eigenvalue weighted by Crippen LogP contribution is -2.59. The summed E-state index contributed by atoms with van der Waals surface area (Å²) >= 11 is 1.26. The molecule has 13 N–H and O–H groups in total. The Labute approximate surface area is 811 Å². The number of anilines is 3. The molecule has 5 aromatic rings. The van der Waals surface area contributed by atoms with Gasteiger partial charge in [-0.3, -0.25) is 62.4 Å². The number of unbranched alkanes of at least 4 members (excludes halogenated alkanes) is 3. The van der Waals surface area contributed by atoms with Gasteiger partial charge in [-0.05, 0) is 174 Å². The number of nitrogens with two attached hydrogens (primary N) is 1. The first-order valence-electron chi connectivity index (χ1n) is 48.1. The Hall–Kier alpha value is -11.7. The van der Waals surface area contributed by atoms with Crippen molar-refractivity contribution in [2.24, 2.45) is 39.7 Å². The summed E-state index contributed by atoms with van der Waals surface area (Å²) in [6.45, 7) is 29.9. The van der Waals surface area contributed by atoms with E-state index in [1.54, 1.807) is 88.2 Å². The number of esters is 1. The minimum atomic E-state index is -1.34. The van der Waals surface area contributed by atoms with Gasteiger partial charge in [0.15, 0.2) is 0 Å². The SMILES string of the molecule is CCCCCCN(C(=O)[C@@H](NC(=O)[C@H]1CCCCN1C)[C@@H](C)CC)[C@H](C[C@@H](OCC)c1nc(C(=O)N[C@@H](Cc2ccc(NC(=O)CNC(=O)OCc3ccc(NC(=O)[C@H](CCCNC(N)=O)NC(=O)[C@@H](NC(=O)[C@H](CCC(=O)OC)NC(=O)CC(C)(C)COCC(C)(C)CNC(=O)CCC(=O)N4Cc5ccccc5/C=C(/C)c5ccccc54)C(C)C)cc3)cc2)CC(C)(C)C(=O)O)cs1)C(C)C. The number of carboxylic acid groups (broad SMARTS) is 1. The van der Waals surface area contributed by atoms with Gasteiger partial charge in [-0.15, -0.1) is 11.3 Å². The number of thiazole rings is 1. The number of ether oxygens (including phenoxy) is 4. The Morgan fingerprint density at radius 1 is 0.672 bits per heavy atom. The van der Waals surface area contributed by atoms with Gasteiger partial charge in [-0.2, -0.15) is 0 Å². The predicted molar refractivity (Wildman–Crippen MR) is 528 cm³/mol. The van der Waals surface area contributed by atoms with Crippen molar-refractivity contribution in [2.45, 2.75) is 281 Å². The maximum absolute atomic E-state index is 15.1. The molecule has 0 unspecified atom stereocenters. The highest BCUT2D eigenvalue weighted by atomic mass is 32.1. The third-order valence-corrected chi connectivity index (χ3v) is 25.7. The maximum Gasteiger partial charge on any atom is 0.407 e. The summed E-state index contributed by atoms with van der Waals surface area (Å²) in [7, 11) is 3.14. The van der Waals surface area contributed by atoms with Crippen LogP contribution in [0.25, 0.3) is 11.6 Å². The number of urea groups is 1. The maximum atomic E-state index is 15.1. The number of amides is 13. The minimum absolute atomic E-state index is 0.0144. The van der Waals surface area contributed by atoms with Gasteiger partial charge < -0.3 is 92.8 Å². The Kier molecular flexibility index (Phi) is 45.1. The van der Waals surface area contributed by atoms with Crippen LogP contribution in [0.1, 0.15) is 262 Å². The zero-order valence-corrected chi connectivity index (χ0v) is 83.9. The Bertz CT molecular complexity index is 4900. The van der Waals surface area contributed by atoms with E-state index >= 15 is 4.79 Å². The van der Waals surface area contributed by atoms with Crippen LogP contribution in [0.5, 0.6) is 0 Å². The number of primary amides is 1. The van der Waals surface area contributed by atoms with Gasteiger partial charge in [0, 0.05) is 98.2 Å². The molecule has 1 aromatic heterocycles. The van der Waals surface area contributed by atoms with Crippen LogP contribution < -0.4 is 63.8 Å². The number of nitrogens with one attached hydrogen (secondary N) is 10. The Morgan fingerprint density at radius 3 is 2.00 bits per heavy atom. The number of methoxy groups -OCH3 is 1. The van der Waals surface area contributed by atoms with E-state index in [1.807, 2.05) is 102 Å². The molecule has 1 fully saturated rings. The van der Waals surface area contributed by atoms with Gasteiger partial charge in [0.25, 0.3) is 5.91 Å². The van der Waals surface area contributed by atoms with E-state index in [4.69, 9.17) is 29.7 Å². The molecule has 4 aromatic carbocycles. The first kappa shape index (κ1) is 112. The monoisotopic (exact) mass is 1920 g/mol. The summed E-state index contributed by atoms with van der Waals surface area (Å²) in [6, 6.07) is 21.8. The smallest absolute Gasteiger partial charge is 0.407 e. The fourth-order valence-corrected chi connectivity index (χ4v) is 17.4. The quantitative estimate of drug-likeness (QED) is 0.0127. The van der Waals surface area contributed by atoms with Gasteiger partial charge in [0.05, 0.1) is 44.0 Å². The van der Waals surface area contributed by atoms with E-state index in [9.17, 15) is 67.4 Å². The molecule has 2 aliphatic heterocycles. The molecule has 9 atom stereocenters. The third-order valence-electron chi connectivity index (χ3n) is 24.8. The average molecular weight is 1920 g/mol. The summed E-state index contributed by atoms with van der Waals surface area (Å²) in [5, 5.41) is 40.2. The Balaban J connectivity index is 0.884. The standard InChI is InChI=1S/C102H149N15O19S/c1-18-21-22-28-51-116(96(128)89(66(8)19-2)114-93(126)80-36-27-29-50-115(80)16)81(64(4)5)54-82(135-20-3)95-112-78(60-137-95)92(125)109-74(55-102(14,15)97(129)130)53-68-37-41-72(42-38-68)107-85(120)57-105-99(132)136-59-69-39-43-73(44-40-69)108-90(123)76(34-30-49-104-98(103)131)111-94(127)88(65(6)7)113-91(124)77(45-48-87(122)133-17)110-84(119)56-100(10,11)62-134-63-101(12,13)61-106-83(118)46-47-86(121)117-58-71-32-24-23-31-70(71)52-67(9)75-33-25-26-35-79(75)117/h23-26,31-33,35,37-44,52,60,64-66,74,76-77,80-82,88-89H,18-22,27-30,34,36,45-51,53-59,61-63H2,1-17H3,(H,105,132)(H,106,118)(H,107,120)(H,108,123)(H,109,125)(H,110,119)(H,111,127)(H,113,124)(H,114,126)(H,129,130)(H3,103,104,131)/b67-52-/t66-,74-,76-,77-,80+,81+,82+,88-,89-/m0/s1. The number of nitrogens with zero attached hydrogens (tertiary/aromatic N) is 4. The molecule has 1 saturated heterocycles. The number of hydrogen-bond acceptors (Lipinski definition) is 21. The summed E-state index contributed by atoms with van der Waals surface area (Å²) < 4.78 is 22.8. The van der Waals surface area contributed by atoms with E-state index in [1.165, 1.54) is 30.6 Å². The third kappa shape index (κ3) is 37.0. The van der Waals surface area contributed by atoms with Crippen molar-refractivity contribution < 1.29 is 91.2 Å². The number of hydrogen-bond donors (Lipinski definition) is 12. The van der Waals surface area contributed by atoms with Gasteiger partial charge in [0.1, 0.15) is 54.1 Å². The van der Waals surface area contributed by atoms with E-state index < -0.39 is 125 Å². The second-order valence-corrected chi connectivity index (χ2v) is 39.8. The normalized spacial score (nSPS) is 15.6. The van der Waals surface area contributed by atoms with Gasteiger partial charge in [0.2, 0.25) is 53.2 Å². The van der Waals surface area contributed by atoms with Crippen molar-refractivity contribution in [3.8, 4) is 0 Å². The number of piperidine rings is 1. The summed E-state index contributed by atoms with van der Waals surface area (Å²) in [5.74, 6) is -7.16. The molecule has 34 nitrogen and oxygen atoms in total. The molecule has 35 heteroatoms. The highest BCUT2D eigenvalue weighted by Crippen LogP contribution is 2.37. The number of likely N-dealkylation sites (tertiary alicyclic amines) is 1. The van der Waals surface area contributed by atoms with Crippen LogP contribution in [0.4, 0.5) is 26.7 Å². The molecule has 3 heterocycles. The first-order valence-corrected chi connectivity index (χ1v) is 48.9. The topological polar surface area (TPSA) is 465 Å². The number of allylic oxidation sites excluding steroid dienone is 1. The summed E-state index contributed by atoms with van der Waals surface area (Å²) in [4.78, 5) is 201. The van der Waals surface area contributed by atoms with Crippen LogP contribution in [0.2, 0.25) is 0 Å². The summed E-state index contributed by atoms with van der Waals surface area (Å²) in [6.07, 6.45) is 7.78. The number of alkyl carbamates (subject to hydrolysis) is 1. The molecule has 13 amide bonds. The van der Waals surface area contributed by atoms with Crippen LogP contribution in [0.15, 0.2) is 102 Å². The van der Waals surface area contributed by atoms with E-state index in [0.29, 0.717) is 54.4 Å². The van der Waals surface area contributed by atoms with Gasteiger partial charge in [-0.1, -0.05) is 181 Å². The number of carboxylic acids is 1. The van der Waals surface area contributed by atoms with Crippen LogP contribution in [0, 0.1) is 34.0 Å². The molecule has 2 aliphatic rings. The predicted octanol–water partition coefficient (Wildman–Crippen LogP) is 12.7. The van der Waals surface area contributed by atoms with Crippen molar-refractivity contribution in [1.29, 1.82) is 0 Å². The van der Waals surface area contributed by atoms with Crippen molar-refractivity contribution in [2.75, 3.05) is 82.2 Å². The molecular formula is C102H149N15O19S. The van der Waals surface area contributed by atoms with E-state index in [2.05, 4.69) is 84.9 Å². The second kappa shape index (κ2) is 55.0. The number of aromatic nitrogens is 1. The Morgan fingerprint density at radius 2 is 1.34 bits per heavy atom. The molecule has 0 aliphatic carbocycles. The lowest BCUT2D eigenvalue weighted by atomic mass is 9.84. The van der Waals surface area contributed by atoms with Crippen molar-refractivity contribution >= 4 is 123 Å². The number of fused-ring (bicyclic) bond motifs is 2. The van der Waals surface area contributed by atoms with Crippen molar-refractivity contribution in [3.05, 3.63) is 141 Å². The number of aliphatic carboxylic acids is 1. The van der Waals surface area contributed by atoms with E-state index in [-0.39, 0.29) is 150 Å². The number of likely N-dealkylation sites (N-methyl/N-ethyl adjacent to an activating group) is 1. The fraction of sp³-hybridized carbons (Fsp3) is 0.578. The minimum Gasteiger partial charge on any atom is -0.481 e. The van der Waals surface area contributed by atoms with Crippen LogP contribution in [-0.4, -0.2) is 212 Å². The van der Waals surface area contributed by atoms with Crippen LogP contribution in [0.3, 0.4) is 0 Å². The first-order chi connectivity index (χ1) is 64.9. The molecule has 7 rings (SSSR count). The number of para-hydroxylation sites is 1. The molecular weight excluding hydrogens is 1770 g/mol. The van der Waals surface area contributed by atoms with Crippen molar-refractivity contribution in [3.63, 3.8) is 0 Å². The summed E-state index contributed by atoms with van der Waals surface area (Å²) in [5.41, 5.74) is 9.35. The van der Waals surface area contributed by atoms with Crippen LogP contribution >= 0.6 is 11.3 Å².